The molecule has 0 aliphatic rings. The first-order valence-corrected chi connectivity index (χ1v) is 9.85. The summed E-state index contributed by atoms with van der Waals surface area (Å²) in [6, 6.07) is 21.8. The first-order chi connectivity index (χ1) is 15.4. The van der Waals surface area contributed by atoms with Crippen LogP contribution in [0.3, 0.4) is 0 Å². The van der Waals surface area contributed by atoms with E-state index in [9.17, 15) is 24.6 Å². The quantitative estimate of drug-likeness (QED) is 0.471. The average Bonchev–Trinajstić information content (AvgIpc) is 2.80. The van der Waals surface area contributed by atoms with E-state index in [0.717, 1.165) is 0 Å². The van der Waals surface area contributed by atoms with Gasteiger partial charge >= 0.3 is 0 Å². The monoisotopic (exact) mass is 429 g/mol. The maximum atomic E-state index is 12.9. The summed E-state index contributed by atoms with van der Waals surface area (Å²) in [5.41, 5.74) is 1.47. The van der Waals surface area contributed by atoms with Crippen molar-refractivity contribution in [2.75, 3.05) is 0 Å². The zero-order valence-electron chi connectivity index (χ0n) is 17.0. The fourth-order valence-electron chi connectivity index (χ4n) is 2.96. The predicted molar refractivity (Wildman–Crippen MR) is 117 cm³/mol. The molecule has 0 aromatic heterocycles. The van der Waals surface area contributed by atoms with Gasteiger partial charge in [-0.25, -0.2) is 0 Å². The Bertz CT molecular complexity index is 1110. The Kier molecular flexibility index (Phi) is 7.37. The van der Waals surface area contributed by atoms with Crippen LogP contribution in [0.1, 0.15) is 21.5 Å². The average molecular weight is 429 g/mol. The lowest BCUT2D eigenvalue weighted by atomic mass is 10.1. The molecular weight excluding hydrogens is 408 g/mol. The number of phenolic OH excluding ortho intramolecular Hbond substituents is 1. The maximum Gasteiger partial charge on any atom is 0.268 e. The molecule has 0 aliphatic carbocycles. The van der Waals surface area contributed by atoms with Gasteiger partial charge in [-0.05, 0) is 47.9 Å². The van der Waals surface area contributed by atoms with Gasteiger partial charge in [-0.1, -0.05) is 60.7 Å². The lowest BCUT2D eigenvalue weighted by Crippen LogP contribution is -2.50. The molecule has 2 amide bonds. The summed E-state index contributed by atoms with van der Waals surface area (Å²) < 4.78 is 0. The standard InChI is InChI=1S/C25H22N2O5/c28-20-13-11-18(12-14-20)16-22(25(31)32)27-24(30)21(15-17-7-3-1-4-8-17)26-23(29)19-9-5-2-6-10-19/h1-15,22,28H,16H2,(H,26,29)(H,27,30)(H,31,32)/p-1/b21-15-/t22-/m1/s1. The molecule has 0 saturated carbocycles. The first-order valence-electron chi connectivity index (χ1n) is 9.85. The van der Waals surface area contributed by atoms with E-state index in [0.29, 0.717) is 16.7 Å². The van der Waals surface area contributed by atoms with Gasteiger partial charge in [0.05, 0.1) is 12.0 Å². The van der Waals surface area contributed by atoms with Crippen molar-refractivity contribution in [1.29, 1.82) is 0 Å². The number of carbonyl (C=O) groups excluding carboxylic acids is 3. The fourth-order valence-corrected chi connectivity index (χ4v) is 2.96. The largest absolute Gasteiger partial charge is 0.548 e. The van der Waals surface area contributed by atoms with E-state index in [1.165, 1.54) is 18.2 Å². The molecule has 0 unspecified atom stereocenters. The molecule has 0 bridgehead atoms. The lowest BCUT2D eigenvalue weighted by molar-refractivity contribution is -0.308. The van der Waals surface area contributed by atoms with Crippen molar-refractivity contribution in [3.63, 3.8) is 0 Å². The second-order valence-corrected chi connectivity index (χ2v) is 7.00. The number of carbonyl (C=O) groups is 3. The van der Waals surface area contributed by atoms with Crippen LogP contribution in [-0.2, 0) is 16.0 Å². The van der Waals surface area contributed by atoms with Crippen molar-refractivity contribution in [3.05, 3.63) is 107 Å². The Balaban J connectivity index is 1.83. The smallest absolute Gasteiger partial charge is 0.268 e. The summed E-state index contributed by atoms with van der Waals surface area (Å²) in [4.78, 5) is 37.2. The molecule has 3 rings (SSSR count). The number of aromatic hydroxyl groups is 1. The highest BCUT2D eigenvalue weighted by atomic mass is 16.4. The fraction of sp³-hybridized carbons (Fsp3) is 0.0800. The van der Waals surface area contributed by atoms with Gasteiger partial charge in [0.15, 0.2) is 0 Å². The molecule has 3 aromatic rings. The Morgan fingerprint density at radius 3 is 2.06 bits per heavy atom. The minimum atomic E-state index is -1.47. The number of rotatable bonds is 8. The van der Waals surface area contributed by atoms with E-state index in [4.69, 9.17) is 0 Å². The van der Waals surface area contributed by atoms with E-state index in [1.807, 2.05) is 6.07 Å². The molecule has 0 heterocycles. The van der Waals surface area contributed by atoms with Gasteiger partial charge in [0.2, 0.25) is 0 Å². The van der Waals surface area contributed by atoms with Crippen LogP contribution in [0.25, 0.3) is 6.08 Å². The molecule has 162 valence electrons. The topological polar surface area (TPSA) is 119 Å². The summed E-state index contributed by atoms with van der Waals surface area (Å²) in [5, 5.41) is 26.0. The van der Waals surface area contributed by atoms with Crippen LogP contribution in [0.5, 0.6) is 5.75 Å². The van der Waals surface area contributed by atoms with Crippen LogP contribution in [0, 0.1) is 0 Å². The Morgan fingerprint density at radius 1 is 0.875 bits per heavy atom. The summed E-state index contributed by atoms with van der Waals surface area (Å²) in [7, 11) is 0. The second-order valence-electron chi connectivity index (χ2n) is 7.00. The number of aliphatic carboxylic acids is 1. The van der Waals surface area contributed by atoms with Crippen molar-refractivity contribution >= 4 is 23.9 Å². The van der Waals surface area contributed by atoms with Gasteiger partial charge in [-0.3, -0.25) is 9.59 Å². The number of benzene rings is 3. The van der Waals surface area contributed by atoms with Gasteiger partial charge in [-0.15, -0.1) is 0 Å². The Morgan fingerprint density at radius 2 is 1.47 bits per heavy atom. The van der Waals surface area contributed by atoms with Crippen molar-refractivity contribution < 1.29 is 24.6 Å². The Labute approximate surface area is 185 Å². The van der Waals surface area contributed by atoms with E-state index in [-0.39, 0.29) is 17.9 Å². The van der Waals surface area contributed by atoms with Crippen molar-refractivity contribution in [2.24, 2.45) is 0 Å². The summed E-state index contributed by atoms with van der Waals surface area (Å²) in [5.74, 6) is -2.71. The zero-order chi connectivity index (χ0) is 22.9. The van der Waals surface area contributed by atoms with Crippen LogP contribution in [0.4, 0.5) is 0 Å². The van der Waals surface area contributed by atoms with Crippen LogP contribution in [0.2, 0.25) is 0 Å². The molecule has 7 nitrogen and oxygen atoms in total. The van der Waals surface area contributed by atoms with Crippen LogP contribution >= 0.6 is 0 Å². The molecule has 1 atom stereocenters. The number of hydrogen-bond donors (Lipinski definition) is 3. The molecule has 0 fully saturated rings. The number of nitrogens with one attached hydrogen (secondary N) is 2. The van der Waals surface area contributed by atoms with Crippen LogP contribution in [-0.4, -0.2) is 28.9 Å². The molecule has 0 spiro atoms. The third-order valence-corrected chi connectivity index (χ3v) is 4.61. The molecule has 3 aromatic carbocycles. The lowest BCUT2D eigenvalue weighted by Gasteiger charge is -2.21. The van der Waals surface area contributed by atoms with Crippen LogP contribution in [0.15, 0.2) is 90.6 Å². The minimum absolute atomic E-state index is 0.0412. The summed E-state index contributed by atoms with van der Waals surface area (Å²) >= 11 is 0. The predicted octanol–water partition coefficient (Wildman–Crippen LogP) is 1.64. The third kappa shape index (κ3) is 6.30. The highest BCUT2D eigenvalue weighted by Gasteiger charge is 2.20. The maximum absolute atomic E-state index is 12.9. The number of amides is 2. The zero-order valence-corrected chi connectivity index (χ0v) is 17.0. The summed E-state index contributed by atoms with van der Waals surface area (Å²) in [6.45, 7) is 0. The highest BCUT2D eigenvalue weighted by Crippen LogP contribution is 2.12. The SMILES string of the molecule is O=C(N[C@H](Cc1ccc(O)cc1)C(=O)[O-])/C(=C/c1ccccc1)NC(=O)c1ccccc1. The number of hydrogen-bond acceptors (Lipinski definition) is 5. The van der Waals surface area contributed by atoms with Crippen LogP contribution < -0.4 is 15.7 Å². The molecule has 0 saturated heterocycles. The highest BCUT2D eigenvalue weighted by molar-refractivity contribution is 6.06. The second kappa shape index (κ2) is 10.6. The molecular formula is C25H21N2O5-. The number of phenols is 1. The first kappa shape index (κ1) is 22.3. The normalized spacial score (nSPS) is 11.9. The molecule has 0 aliphatic heterocycles. The molecule has 7 heteroatoms. The van der Waals surface area contributed by atoms with Crippen molar-refractivity contribution in [2.45, 2.75) is 12.5 Å². The van der Waals surface area contributed by atoms with Crippen molar-refractivity contribution in [3.8, 4) is 5.75 Å². The van der Waals surface area contributed by atoms with Gasteiger partial charge in [-0.2, -0.15) is 0 Å². The van der Waals surface area contributed by atoms with E-state index in [1.54, 1.807) is 66.7 Å². The molecule has 32 heavy (non-hydrogen) atoms. The Hall–Kier alpha value is -4.39. The number of carboxylic acid groups (broad SMARTS) is 1. The van der Waals surface area contributed by atoms with Gasteiger partial charge in [0.1, 0.15) is 11.4 Å². The van der Waals surface area contributed by atoms with Crippen molar-refractivity contribution in [1.82, 2.24) is 10.6 Å². The molecule has 3 N–H and O–H groups in total. The van der Waals surface area contributed by atoms with E-state index >= 15 is 0 Å². The minimum Gasteiger partial charge on any atom is -0.548 e. The molecule has 0 radical (unpaired) electrons. The van der Waals surface area contributed by atoms with E-state index in [2.05, 4.69) is 10.6 Å². The van der Waals surface area contributed by atoms with Gasteiger partial charge in [0, 0.05) is 5.56 Å². The number of carboxylic acids is 1. The summed E-state index contributed by atoms with van der Waals surface area (Å²) in [6.07, 6.45) is 1.41. The van der Waals surface area contributed by atoms with Gasteiger partial charge < -0.3 is 25.6 Å². The van der Waals surface area contributed by atoms with Gasteiger partial charge in [0.25, 0.3) is 11.8 Å². The third-order valence-electron chi connectivity index (χ3n) is 4.61. The van der Waals surface area contributed by atoms with E-state index < -0.39 is 23.8 Å².